The number of hydrogen-bond acceptors (Lipinski definition) is 4. The third-order valence-electron chi connectivity index (χ3n) is 2.04. The van der Waals surface area contributed by atoms with Gasteiger partial charge in [-0.3, -0.25) is 4.79 Å². The Morgan fingerprint density at radius 1 is 1.17 bits per heavy atom. The number of carbonyl (C=O) groups excluding carboxylic acids is 1. The van der Waals surface area contributed by atoms with Crippen molar-refractivity contribution in [1.29, 1.82) is 0 Å². The molecule has 7 heteroatoms. The quantitative estimate of drug-likeness (QED) is 0.795. The second-order valence-corrected chi connectivity index (χ2v) is 5.18. The molecule has 1 amide bonds. The summed E-state index contributed by atoms with van der Waals surface area (Å²) in [5.41, 5.74) is 6.63. The third-order valence-corrected chi connectivity index (χ3v) is 2.91. The largest absolute Gasteiger partial charge is 0.399 e. The molecule has 0 atom stereocenters. The first-order valence-electron chi connectivity index (χ1n) is 4.89. The fraction of sp³-hybridized carbons (Fsp3) is 0. The molecule has 0 aliphatic carbocycles. The first-order valence-corrected chi connectivity index (χ1v) is 6.48. The summed E-state index contributed by atoms with van der Waals surface area (Å²) >= 11 is 6.45. The summed E-state index contributed by atoms with van der Waals surface area (Å²) in [4.78, 5) is 19.9. The van der Waals surface area contributed by atoms with Gasteiger partial charge in [0.2, 0.25) is 0 Å². The molecule has 0 radical (unpaired) electrons. The molecule has 0 fully saturated rings. The maximum absolute atomic E-state index is 11.9. The van der Waals surface area contributed by atoms with E-state index in [9.17, 15) is 4.79 Å². The van der Waals surface area contributed by atoms with Crippen molar-refractivity contribution >= 4 is 49.3 Å². The molecular formula is C11H8Br2N4O. The molecule has 1 aromatic carbocycles. The zero-order valence-electron chi connectivity index (χ0n) is 9.02. The van der Waals surface area contributed by atoms with Crippen LogP contribution in [0.3, 0.4) is 0 Å². The van der Waals surface area contributed by atoms with Gasteiger partial charge < -0.3 is 11.1 Å². The lowest BCUT2D eigenvalue weighted by atomic mass is 10.2. The van der Waals surface area contributed by atoms with Gasteiger partial charge in [-0.15, -0.1) is 0 Å². The summed E-state index contributed by atoms with van der Waals surface area (Å²) in [5, 5.41) is 2.63. The fourth-order valence-electron chi connectivity index (χ4n) is 1.31. The van der Waals surface area contributed by atoms with E-state index in [-0.39, 0.29) is 5.91 Å². The Bertz CT molecular complexity index is 566. The molecule has 92 valence electrons. The topological polar surface area (TPSA) is 80.9 Å². The third kappa shape index (κ3) is 3.27. The normalized spacial score (nSPS) is 10.1. The molecule has 1 heterocycles. The monoisotopic (exact) mass is 370 g/mol. The predicted octanol–water partition coefficient (Wildman–Crippen LogP) is 2.84. The van der Waals surface area contributed by atoms with Crippen molar-refractivity contribution in [3.63, 3.8) is 0 Å². The van der Waals surface area contributed by atoms with Crippen molar-refractivity contribution in [2.24, 2.45) is 0 Å². The van der Waals surface area contributed by atoms with E-state index < -0.39 is 0 Å². The SMILES string of the molecule is Nc1cc(Br)cc(C(=O)Nc2cnc(Br)cn2)c1. The average molecular weight is 372 g/mol. The van der Waals surface area contributed by atoms with Crippen LogP contribution in [0.5, 0.6) is 0 Å². The summed E-state index contributed by atoms with van der Waals surface area (Å²) in [5.74, 6) is 0.0846. The molecule has 3 N–H and O–H groups in total. The first-order chi connectivity index (χ1) is 8.54. The van der Waals surface area contributed by atoms with Crippen LogP contribution in [0.1, 0.15) is 10.4 Å². The van der Waals surface area contributed by atoms with Crippen LogP contribution < -0.4 is 11.1 Å². The average Bonchev–Trinajstić information content (AvgIpc) is 2.31. The molecule has 0 saturated carbocycles. The van der Waals surface area contributed by atoms with Crippen LogP contribution in [0.4, 0.5) is 11.5 Å². The van der Waals surface area contributed by atoms with Crippen LogP contribution in [0, 0.1) is 0 Å². The number of benzene rings is 1. The zero-order chi connectivity index (χ0) is 13.1. The van der Waals surface area contributed by atoms with Gasteiger partial charge in [0.15, 0.2) is 5.82 Å². The van der Waals surface area contributed by atoms with Gasteiger partial charge in [-0.1, -0.05) is 15.9 Å². The van der Waals surface area contributed by atoms with Crippen LogP contribution in [0.25, 0.3) is 0 Å². The van der Waals surface area contributed by atoms with Crippen LogP contribution in [-0.4, -0.2) is 15.9 Å². The standard InChI is InChI=1S/C11H8Br2N4O/c12-7-1-6(2-8(14)3-7)11(18)17-10-5-15-9(13)4-16-10/h1-5H,14H2,(H,16,17,18). The highest BCUT2D eigenvalue weighted by atomic mass is 79.9. The van der Waals surface area contributed by atoms with Crippen LogP contribution in [0.2, 0.25) is 0 Å². The maximum atomic E-state index is 11.9. The Morgan fingerprint density at radius 3 is 2.56 bits per heavy atom. The molecule has 0 aliphatic heterocycles. The minimum atomic E-state index is -0.292. The molecule has 0 bridgehead atoms. The van der Waals surface area contributed by atoms with Crippen molar-refractivity contribution in [1.82, 2.24) is 9.97 Å². The van der Waals surface area contributed by atoms with Gasteiger partial charge in [0, 0.05) is 15.7 Å². The minimum absolute atomic E-state index is 0.292. The van der Waals surface area contributed by atoms with Crippen LogP contribution >= 0.6 is 31.9 Å². The Morgan fingerprint density at radius 2 is 1.94 bits per heavy atom. The number of nitrogens with zero attached hydrogens (tertiary/aromatic N) is 2. The molecule has 0 saturated heterocycles. The van der Waals surface area contributed by atoms with Crippen LogP contribution in [-0.2, 0) is 0 Å². The lowest BCUT2D eigenvalue weighted by Gasteiger charge is -2.05. The van der Waals surface area contributed by atoms with E-state index in [4.69, 9.17) is 5.73 Å². The number of carbonyl (C=O) groups is 1. The van der Waals surface area contributed by atoms with E-state index >= 15 is 0 Å². The van der Waals surface area contributed by atoms with Gasteiger partial charge >= 0.3 is 0 Å². The molecule has 0 unspecified atom stereocenters. The van der Waals surface area contributed by atoms with Crippen molar-refractivity contribution in [2.75, 3.05) is 11.1 Å². The van der Waals surface area contributed by atoms with Crippen molar-refractivity contribution < 1.29 is 4.79 Å². The highest BCUT2D eigenvalue weighted by molar-refractivity contribution is 9.10. The molecule has 5 nitrogen and oxygen atoms in total. The lowest BCUT2D eigenvalue weighted by molar-refractivity contribution is 0.102. The second kappa shape index (κ2) is 5.45. The lowest BCUT2D eigenvalue weighted by Crippen LogP contribution is -2.13. The van der Waals surface area contributed by atoms with Crippen molar-refractivity contribution in [3.05, 3.63) is 45.2 Å². The molecule has 18 heavy (non-hydrogen) atoms. The molecular weight excluding hydrogens is 364 g/mol. The highest BCUT2D eigenvalue weighted by Crippen LogP contribution is 2.18. The first kappa shape index (κ1) is 13.0. The predicted molar refractivity (Wildman–Crippen MR) is 76.2 cm³/mol. The molecule has 2 rings (SSSR count). The Kier molecular flexibility index (Phi) is 3.93. The fourth-order valence-corrected chi connectivity index (χ4v) is 2.02. The van der Waals surface area contributed by atoms with Gasteiger partial charge in [0.25, 0.3) is 5.91 Å². The van der Waals surface area contributed by atoms with Crippen LogP contribution in [0.15, 0.2) is 39.7 Å². The Labute approximate surface area is 120 Å². The van der Waals surface area contributed by atoms with E-state index in [1.165, 1.54) is 12.4 Å². The Hall–Kier alpha value is -1.47. The number of rotatable bonds is 2. The van der Waals surface area contributed by atoms with E-state index in [2.05, 4.69) is 47.1 Å². The summed E-state index contributed by atoms with van der Waals surface area (Å²) in [7, 11) is 0. The van der Waals surface area contributed by atoms with E-state index in [1.807, 2.05) is 0 Å². The smallest absolute Gasteiger partial charge is 0.256 e. The number of halogens is 2. The number of nitrogens with two attached hydrogens (primary N) is 1. The number of nitrogens with one attached hydrogen (secondary N) is 1. The number of anilines is 2. The van der Waals surface area contributed by atoms with Gasteiger partial charge in [0.1, 0.15) is 4.60 Å². The number of amides is 1. The van der Waals surface area contributed by atoms with E-state index in [1.54, 1.807) is 18.2 Å². The Balaban J connectivity index is 2.19. The second-order valence-electron chi connectivity index (χ2n) is 3.45. The zero-order valence-corrected chi connectivity index (χ0v) is 12.2. The summed E-state index contributed by atoms with van der Waals surface area (Å²) < 4.78 is 1.35. The van der Waals surface area contributed by atoms with Gasteiger partial charge in [-0.2, -0.15) is 0 Å². The van der Waals surface area contributed by atoms with E-state index in [0.29, 0.717) is 21.7 Å². The minimum Gasteiger partial charge on any atom is -0.399 e. The highest BCUT2D eigenvalue weighted by Gasteiger charge is 2.08. The number of nitrogen functional groups attached to an aromatic ring is 1. The van der Waals surface area contributed by atoms with Gasteiger partial charge in [0.05, 0.1) is 12.4 Å². The molecule has 2 aromatic rings. The summed E-state index contributed by atoms with van der Waals surface area (Å²) in [6, 6.07) is 4.99. The van der Waals surface area contributed by atoms with E-state index in [0.717, 1.165) is 4.47 Å². The maximum Gasteiger partial charge on any atom is 0.256 e. The molecule has 0 spiro atoms. The van der Waals surface area contributed by atoms with Crippen molar-refractivity contribution in [3.8, 4) is 0 Å². The van der Waals surface area contributed by atoms with Crippen molar-refractivity contribution in [2.45, 2.75) is 0 Å². The van der Waals surface area contributed by atoms with Gasteiger partial charge in [-0.25, -0.2) is 9.97 Å². The number of hydrogen-bond donors (Lipinski definition) is 2. The molecule has 0 aliphatic rings. The summed E-state index contributed by atoms with van der Waals surface area (Å²) in [6.07, 6.45) is 2.97. The summed E-state index contributed by atoms with van der Waals surface area (Å²) in [6.45, 7) is 0. The van der Waals surface area contributed by atoms with Gasteiger partial charge in [-0.05, 0) is 34.1 Å². The molecule has 1 aromatic heterocycles. The number of aromatic nitrogens is 2.